The van der Waals surface area contributed by atoms with Crippen molar-refractivity contribution in [2.24, 2.45) is 0 Å². The van der Waals surface area contributed by atoms with Crippen LogP contribution in [0.2, 0.25) is 0 Å². The number of aromatic nitrogens is 2. The molecule has 9 heteroatoms. The number of ether oxygens (including phenoxy) is 1. The van der Waals surface area contributed by atoms with E-state index in [1.807, 2.05) is 45.9 Å². The largest absolute Gasteiger partial charge is 0.456 e. The highest BCUT2D eigenvalue weighted by Gasteiger charge is 2.34. The lowest BCUT2D eigenvalue weighted by atomic mass is 10.1. The van der Waals surface area contributed by atoms with Crippen molar-refractivity contribution in [3.8, 4) is 11.4 Å². The molecule has 0 radical (unpaired) electrons. The molecule has 7 nitrogen and oxygen atoms in total. The zero-order valence-corrected chi connectivity index (χ0v) is 21.7. The monoisotopic (exact) mass is 541 g/mol. The van der Waals surface area contributed by atoms with Crippen LogP contribution in [0.4, 0.5) is 4.79 Å². The van der Waals surface area contributed by atoms with E-state index in [-0.39, 0.29) is 17.6 Å². The first-order valence-electron chi connectivity index (χ1n) is 10.9. The predicted molar refractivity (Wildman–Crippen MR) is 138 cm³/mol. The van der Waals surface area contributed by atoms with Crippen LogP contribution in [-0.2, 0) is 4.74 Å². The van der Waals surface area contributed by atoms with Crippen LogP contribution in [0.15, 0.2) is 50.2 Å². The van der Waals surface area contributed by atoms with E-state index in [2.05, 4.69) is 25.9 Å². The predicted octanol–water partition coefficient (Wildman–Crippen LogP) is 6.39. The maximum Gasteiger partial charge on any atom is 0.411 e. The molecular formula is C25H24BrN3O4S. The second-order valence-corrected chi connectivity index (χ2v) is 11.2. The van der Waals surface area contributed by atoms with Crippen molar-refractivity contribution in [3.63, 3.8) is 0 Å². The second-order valence-electron chi connectivity index (χ2n) is 9.39. The van der Waals surface area contributed by atoms with Crippen molar-refractivity contribution in [3.05, 3.63) is 62.5 Å². The first kappa shape index (κ1) is 23.0. The number of halogens is 1. The molecule has 1 aliphatic heterocycles. The average Bonchev–Trinajstić information content (AvgIpc) is 3.43. The van der Waals surface area contributed by atoms with Gasteiger partial charge in [-0.2, -0.15) is 0 Å². The molecule has 2 aromatic heterocycles. The van der Waals surface area contributed by atoms with Gasteiger partial charge < -0.3 is 14.1 Å². The van der Waals surface area contributed by atoms with Crippen molar-refractivity contribution in [2.45, 2.75) is 39.3 Å². The van der Waals surface area contributed by atoms with Gasteiger partial charge in [0.2, 0.25) is 5.43 Å². The summed E-state index contributed by atoms with van der Waals surface area (Å²) in [5.41, 5.74) is 3.00. The molecule has 4 aromatic rings. The van der Waals surface area contributed by atoms with Gasteiger partial charge in [-0.3, -0.25) is 9.69 Å². The Morgan fingerprint density at radius 2 is 2.00 bits per heavy atom. The van der Waals surface area contributed by atoms with Crippen LogP contribution in [0.3, 0.4) is 0 Å². The number of rotatable bonds is 2. The summed E-state index contributed by atoms with van der Waals surface area (Å²) < 4.78 is 12.5. The summed E-state index contributed by atoms with van der Waals surface area (Å²) >= 11 is 5.17. The summed E-state index contributed by atoms with van der Waals surface area (Å²) in [5, 5.41) is 1.04. The zero-order valence-electron chi connectivity index (χ0n) is 19.3. The minimum atomic E-state index is -0.557. The number of hydrogen-bond donors (Lipinski definition) is 1. The van der Waals surface area contributed by atoms with Crippen LogP contribution in [0, 0.1) is 6.92 Å². The molecule has 34 heavy (non-hydrogen) atoms. The van der Waals surface area contributed by atoms with Gasteiger partial charge in [0, 0.05) is 15.8 Å². The lowest BCUT2D eigenvalue weighted by Crippen LogP contribution is -2.36. The molecule has 0 unspecified atom stereocenters. The van der Waals surface area contributed by atoms with Crippen LogP contribution in [0.5, 0.6) is 0 Å². The minimum Gasteiger partial charge on any atom is -0.456 e. The van der Waals surface area contributed by atoms with Gasteiger partial charge in [0.05, 0.1) is 34.6 Å². The smallest absolute Gasteiger partial charge is 0.411 e. The Balaban J connectivity index is 1.49. The Labute approximate surface area is 209 Å². The number of hydrogen-bond acceptors (Lipinski definition) is 6. The third-order valence-electron chi connectivity index (χ3n) is 5.69. The van der Waals surface area contributed by atoms with Crippen molar-refractivity contribution in [1.29, 1.82) is 0 Å². The topological polar surface area (TPSA) is 88.4 Å². The van der Waals surface area contributed by atoms with E-state index >= 15 is 0 Å². The highest BCUT2D eigenvalue weighted by molar-refractivity contribution is 9.10. The van der Waals surface area contributed by atoms with Crippen LogP contribution in [0.25, 0.3) is 33.3 Å². The van der Waals surface area contributed by atoms with Crippen LogP contribution in [-0.4, -0.2) is 38.2 Å². The van der Waals surface area contributed by atoms with Crippen molar-refractivity contribution >= 4 is 55.7 Å². The molecule has 1 saturated heterocycles. The number of aromatic amines is 1. The summed E-state index contributed by atoms with van der Waals surface area (Å²) in [6.45, 7) is 7.51. The molecule has 1 aliphatic rings. The molecular weight excluding hydrogens is 518 g/mol. The minimum absolute atomic E-state index is 0.0798. The molecule has 2 aromatic carbocycles. The molecule has 1 N–H and O–H groups in total. The van der Waals surface area contributed by atoms with E-state index in [1.165, 1.54) is 0 Å². The molecule has 0 bridgehead atoms. The van der Waals surface area contributed by atoms with Gasteiger partial charge in [0.15, 0.2) is 0 Å². The Hall–Kier alpha value is -2.78. The Morgan fingerprint density at radius 1 is 1.24 bits per heavy atom. The first-order chi connectivity index (χ1) is 16.1. The number of amides is 1. The third kappa shape index (κ3) is 4.22. The Morgan fingerprint density at radius 3 is 2.76 bits per heavy atom. The summed E-state index contributed by atoms with van der Waals surface area (Å²) in [6.07, 6.45) is 1.41. The molecule has 1 atom stereocenters. The molecule has 0 spiro atoms. The van der Waals surface area contributed by atoms with Gasteiger partial charge in [-0.25, -0.2) is 9.78 Å². The maximum atomic E-state index is 13.2. The fourth-order valence-electron chi connectivity index (χ4n) is 3.98. The molecule has 1 fully saturated rings. The highest BCUT2D eigenvalue weighted by atomic mass is 79.9. The number of imidazole rings is 1. The number of carbonyl (C=O) groups is 1. The normalized spacial score (nSPS) is 16.5. The number of H-pyrrole nitrogens is 1. The molecule has 0 saturated carbocycles. The van der Waals surface area contributed by atoms with E-state index < -0.39 is 5.60 Å². The Bertz CT molecular complexity index is 1490. The number of nitrogens with one attached hydrogen (secondary N) is 1. The molecule has 0 aliphatic carbocycles. The van der Waals surface area contributed by atoms with Gasteiger partial charge in [0.1, 0.15) is 22.6 Å². The molecule has 3 heterocycles. The van der Waals surface area contributed by atoms with E-state index in [0.29, 0.717) is 33.6 Å². The fourth-order valence-corrected chi connectivity index (χ4v) is 5.48. The van der Waals surface area contributed by atoms with E-state index in [4.69, 9.17) is 9.15 Å². The lowest BCUT2D eigenvalue weighted by Gasteiger charge is -2.27. The number of thioether (sulfide) groups is 1. The molecule has 176 valence electrons. The fraction of sp³-hybridized carbons (Fsp3) is 0.320. The van der Waals surface area contributed by atoms with Crippen LogP contribution >= 0.6 is 27.7 Å². The maximum absolute atomic E-state index is 13.2. The summed E-state index contributed by atoms with van der Waals surface area (Å²) in [6, 6.07) is 8.98. The number of aryl methyl sites for hydroxylation is 1. The third-order valence-corrected chi connectivity index (χ3v) is 7.55. The van der Waals surface area contributed by atoms with Gasteiger partial charge in [-0.05, 0) is 63.6 Å². The average molecular weight is 542 g/mol. The second kappa shape index (κ2) is 8.46. The number of nitrogens with zero attached hydrogens (tertiary/aromatic N) is 2. The SMILES string of the molecule is Cc1cc2c(=O)c3cc(-c4ncc([C@@H]5CSCN5C(=O)OC(C)(C)C)[nH]4)ccc3oc2cc1Br. The summed E-state index contributed by atoms with van der Waals surface area (Å²) in [4.78, 5) is 35.5. The van der Waals surface area contributed by atoms with E-state index in [9.17, 15) is 9.59 Å². The van der Waals surface area contributed by atoms with Gasteiger partial charge in [0.25, 0.3) is 0 Å². The first-order valence-corrected chi connectivity index (χ1v) is 12.8. The molecule has 5 rings (SSSR count). The van der Waals surface area contributed by atoms with Gasteiger partial charge in [-0.15, -0.1) is 11.8 Å². The number of carbonyl (C=O) groups excluding carboxylic acids is 1. The van der Waals surface area contributed by atoms with Crippen molar-refractivity contribution in [1.82, 2.24) is 14.9 Å². The van der Waals surface area contributed by atoms with Gasteiger partial charge in [-0.1, -0.05) is 15.9 Å². The van der Waals surface area contributed by atoms with E-state index in [1.54, 1.807) is 35.0 Å². The van der Waals surface area contributed by atoms with E-state index in [0.717, 1.165) is 27.0 Å². The quantitative estimate of drug-likeness (QED) is 0.296. The van der Waals surface area contributed by atoms with Gasteiger partial charge >= 0.3 is 6.09 Å². The Kier molecular flexibility index (Phi) is 5.72. The number of fused-ring (bicyclic) bond motifs is 2. The molecule has 1 amide bonds. The van der Waals surface area contributed by atoms with Crippen molar-refractivity contribution < 1.29 is 13.9 Å². The highest BCUT2D eigenvalue weighted by Crippen LogP contribution is 2.35. The summed E-state index contributed by atoms with van der Waals surface area (Å²) in [7, 11) is 0. The zero-order chi connectivity index (χ0) is 24.2. The summed E-state index contributed by atoms with van der Waals surface area (Å²) in [5.74, 6) is 1.95. The van der Waals surface area contributed by atoms with Crippen molar-refractivity contribution in [2.75, 3.05) is 11.6 Å². The standard InChI is InChI=1S/C25H24BrN3O4S/c1-13-7-15-21(9-17(13)26)32-20-6-5-14(8-16(20)22(15)30)23-27-10-18(28-23)19-11-34-12-29(19)24(31)33-25(2,3)4/h5-10,19H,11-12H2,1-4H3,(H,27,28)/t19-/m0/s1. The lowest BCUT2D eigenvalue weighted by molar-refractivity contribution is 0.0236. The van der Waals surface area contributed by atoms with Crippen LogP contribution in [0.1, 0.15) is 38.1 Å². The number of benzene rings is 2. The van der Waals surface area contributed by atoms with Crippen LogP contribution < -0.4 is 5.43 Å².